The van der Waals surface area contributed by atoms with E-state index in [-0.39, 0.29) is 33.4 Å². The van der Waals surface area contributed by atoms with E-state index < -0.39 is 41.0 Å². The molecule has 2 aliphatic heterocycles. The minimum atomic E-state index is -1.10. The molecule has 280 valence electrons. The largest absolute Gasteiger partial charge is 0.478 e. The first-order chi connectivity index (χ1) is 27.3. The minimum absolute atomic E-state index is 0.0686. The molecule has 8 rings (SSSR count). The molecule has 0 radical (unpaired) electrons. The van der Waals surface area contributed by atoms with Crippen molar-refractivity contribution in [1.82, 2.24) is 10.6 Å². The summed E-state index contributed by atoms with van der Waals surface area (Å²) in [7, 11) is 0. The van der Waals surface area contributed by atoms with Gasteiger partial charge in [-0.15, -0.1) is 0 Å². The maximum absolute atomic E-state index is 12.9. The molecule has 6 aromatic rings. The molecule has 4 amide bonds. The van der Waals surface area contributed by atoms with Crippen LogP contribution in [0.5, 0.6) is 23.0 Å². The smallest absolute Gasteiger partial charge is 0.335 e. The molecule has 0 bridgehead atoms. The van der Waals surface area contributed by atoms with E-state index in [4.69, 9.17) is 9.47 Å². The number of carboxylic acids is 2. The second-order valence-electron chi connectivity index (χ2n) is 13.9. The Morgan fingerprint density at radius 1 is 0.456 bits per heavy atom. The van der Waals surface area contributed by atoms with Crippen molar-refractivity contribution in [3.63, 3.8) is 0 Å². The normalized spacial score (nSPS) is 13.1. The lowest BCUT2D eigenvalue weighted by Crippen LogP contribution is -2.20. The van der Waals surface area contributed by atoms with E-state index in [9.17, 15) is 39.0 Å². The summed E-state index contributed by atoms with van der Waals surface area (Å²) in [6, 6.07) is 33.1. The van der Waals surface area contributed by atoms with Crippen LogP contribution >= 0.6 is 0 Å². The molecule has 0 aromatic heterocycles. The second-order valence-corrected chi connectivity index (χ2v) is 13.9. The van der Waals surface area contributed by atoms with Crippen molar-refractivity contribution < 1.29 is 48.5 Å². The summed E-state index contributed by atoms with van der Waals surface area (Å²) in [6.45, 7) is 4.12. The van der Waals surface area contributed by atoms with Crippen LogP contribution in [0.1, 0.15) is 87.1 Å². The van der Waals surface area contributed by atoms with E-state index in [2.05, 4.69) is 24.5 Å². The van der Waals surface area contributed by atoms with Crippen LogP contribution in [0.15, 0.2) is 121 Å². The third-order valence-corrected chi connectivity index (χ3v) is 10.2. The lowest BCUT2D eigenvalue weighted by Gasteiger charge is -2.26. The summed E-state index contributed by atoms with van der Waals surface area (Å²) in [4.78, 5) is 73.7. The summed E-state index contributed by atoms with van der Waals surface area (Å²) in [5.74, 6) is -2.86. The van der Waals surface area contributed by atoms with Gasteiger partial charge >= 0.3 is 11.9 Å². The summed E-state index contributed by atoms with van der Waals surface area (Å²) >= 11 is 0. The average molecular weight is 759 g/mol. The van der Waals surface area contributed by atoms with Crippen molar-refractivity contribution in [3.8, 4) is 45.3 Å². The fourth-order valence-electron chi connectivity index (χ4n) is 7.09. The highest BCUT2D eigenvalue weighted by atomic mass is 16.5. The lowest BCUT2D eigenvalue weighted by molar-refractivity contribution is 0.0686. The fourth-order valence-corrected chi connectivity index (χ4v) is 7.09. The topological polar surface area (TPSA) is 185 Å². The Bertz CT molecular complexity index is 2510. The van der Waals surface area contributed by atoms with Gasteiger partial charge in [-0.2, -0.15) is 0 Å². The van der Waals surface area contributed by atoms with Gasteiger partial charge in [-0.05, 0) is 95.1 Å². The number of ether oxygens (including phenoxy) is 2. The van der Waals surface area contributed by atoms with Gasteiger partial charge in [0.05, 0.1) is 33.4 Å². The highest BCUT2D eigenvalue weighted by Crippen LogP contribution is 2.42. The predicted octanol–water partition coefficient (Wildman–Crippen LogP) is 8.09. The van der Waals surface area contributed by atoms with Gasteiger partial charge in [0.25, 0.3) is 23.6 Å². The van der Waals surface area contributed by atoms with E-state index in [1.54, 1.807) is 60.7 Å². The van der Waals surface area contributed by atoms with Crippen molar-refractivity contribution in [3.05, 3.63) is 166 Å². The Balaban J connectivity index is 1.05. The molecule has 57 heavy (non-hydrogen) atoms. The number of imide groups is 2. The Hall–Kier alpha value is -7.86. The van der Waals surface area contributed by atoms with Crippen LogP contribution in [0.4, 0.5) is 0 Å². The van der Waals surface area contributed by atoms with Gasteiger partial charge in [-0.1, -0.05) is 62.4 Å². The van der Waals surface area contributed by atoms with Gasteiger partial charge < -0.3 is 19.7 Å². The second kappa shape index (κ2) is 13.8. The number of benzene rings is 6. The number of carboxylic acid groups (broad SMARTS) is 2. The number of carbonyl (C=O) groups excluding carboxylic acids is 4. The molecule has 12 heteroatoms. The van der Waals surface area contributed by atoms with Crippen LogP contribution in [0.2, 0.25) is 0 Å². The maximum atomic E-state index is 12.9. The minimum Gasteiger partial charge on any atom is -0.478 e. The zero-order chi connectivity index (χ0) is 40.2. The number of fused-ring (bicyclic) bond motifs is 2. The van der Waals surface area contributed by atoms with Crippen LogP contribution in [-0.2, 0) is 5.41 Å². The van der Waals surface area contributed by atoms with Crippen molar-refractivity contribution in [2.45, 2.75) is 19.3 Å². The molecular weight excluding hydrogens is 728 g/mol. The van der Waals surface area contributed by atoms with Crippen LogP contribution in [-0.4, -0.2) is 45.8 Å². The first-order valence-electron chi connectivity index (χ1n) is 17.6. The van der Waals surface area contributed by atoms with E-state index in [0.717, 1.165) is 11.1 Å². The molecule has 0 atom stereocenters. The molecule has 2 aliphatic rings. The van der Waals surface area contributed by atoms with Crippen molar-refractivity contribution in [2.24, 2.45) is 0 Å². The number of amides is 4. The molecule has 12 nitrogen and oxygen atoms in total. The van der Waals surface area contributed by atoms with Crippen molar-refractivity contribution >= 4 is 35.6 Å². The number of rotatable bonds is 10. The van der Waals surface area contributed by atoms with Crippen LogP contribution < -0.4 is 20.1 Å². The molecule has 0 fully saturated rings. The quantitative estimate of drug-likeness (QED) is 0.0995. The average Bonchev–Trinajstić information content (AvgIpc) is 3.66. The zero-order valence-corrected chi connectivity index (χ0v) is 30.2. The Morgan fingerprint density at radius 2 is 0.807 bits per heavy atom. The predicted molar refractivity (Wildman–Crippen MR) is 206 cm³/mol. The van der Waals surface area contributed by atoms with Gasteiger partial charge in [0.1, 0.15) is 23.0 Å². The van der Waals surface area contributed by atoms with Gasteiger partial charge in [0.2, 0.25) is 0 Å². The Morgan fingerprint density at radius 3 is 1.14 bits per heavy atom. The van der Waals surface area contributed by atoms with Crippen LogP contribution in [0, 0.1) is 0 Å². The number of carbonyl (C=O) groups is 6. The molecule has 0 aliphatic carbocycles. The van der Waals surface area contributed by atoms with E-state index in [1.807, 2.05) is 24.3 Å². The molecule has 6 aromatic carbocycles. The Labute approximate surface area is 324 Å². The molecule has 0 unspecified atom stereocenters. The highest BCUT2D eigenvalue weighted by molar-refractivity contribution is 6.25. The van der Waals surface area contributed by atoms with Gasteiger partial charge in [-0.3, -0.25) is 29.8 Å². The first kappa shape index (κ1) is 36.1. The van der Waals surface area contributed by atoms with Crippen LogP contribution in [0.3, 0.4) is 0 Å². The SMILES string of the molecule is CC(C)(c1ccc(Oc2ccc3c(c2-c2ccc(C(=O)O)cc2)C(=O)NC3=O)cc1)c1ccc(Oc2ccc3c(c2-c2ccc(C(=O)O)cc2)C(=O)NC3=O)cc1. The first-order valence-corrected chi connectivity index (χ1v) is 17.6. The summed E-state index contributed by atoms with van der Waals surface area (Å²) in [5.41, 5.74) is 3.96. The number of nitrogens with one attached hydrogen (secondary N) is 2. The van der Waals surface area contributed by atoms with Gasteiger partial charge in [-0.25, -0.2) is 9.59 Å². The number of aromatic carboxylic acids is 2. The van der Waals surface area contributed by atoms with E-state index >= 15 is 0 Å². The number of hydrogen-bond donors (Lipinski definition) is 4. The third kappa shape index (κ3) is 6.44. The van der Waals surface area contributed by atoms with Gasteiger partial charge in [0.15, 0.2) is 0 Å². The molecule has 0 saturated carbocycles. The summed E-state index contributed by atoms with van der Waals surface area (Å²) in [6.07, 6.45) is 0. The van der Waals surface area contributed by atoms with Crippen molar-refractivity contribution in [2.75, 3.05) is 0 Å². The standard InChI is InChI=1S/C45H30N2O10/c1-45(2,27-11-15-29(16-12-27)56-33-21-19-31-37(41(50)46-39(31)48)35(33)23-3-7-25(8-4-23)43(52)53)28-13-17-30(18-14-28)57-34-22-20-32-38(42(51)47-40(32)49)36(34)24-5-9-26(10-6-24)44(54)55/h3-22H,1-2H3,(H,52,53)(H,54,55)(H,46,48,50)(H,47,49,51). The molecule has 0 saturated heterocycles. The van der Waals surface area contributed by atoms with Crippen LogP contribution in [0.25, 0.3) is 22.3 Å². The van der Waals surface area contributed by atoms with Crippen molar-refractivity contribution in [1.29, 1.82) is 0 Å². The Kier molecular flexibility index (Phi) is 8.73. The lowest BCUT2D eigenvalue weighted by atomic mass is 9.78. The van der Waals surface area contributed by atoms with E-state index in [0.29, 0.717) is 45.3 Å². The number of hydrogen-bond acceptors (Lipinski definition) is 8. The van der Waals surface area contributed by atoms with E-state index in [1.165, 1.54) is 36.4 Å². The molecule has 0 spiro atoms. The zero-order valence-electron chi connectivity index (χ0n) is 30.2. The summed E-state index contributed by atoms with van der Waals surface area (Å²) in [5, 5.41) is 23.4. The fraction of sp³-hybridized carbons (Fsp3) is 0.0667. The summed E-state index contributed by atoms with van der Waals surface area (Å²) < 4.78 is 12.6. The molecule has 2 heterocycles. The molecular formula is C45H30N2O10. The highest BCUT2D eigenvalue weighted by Gasteiger charge is 2.34. The monoisotopic (exact) mass is 758 g/mol. The van der Waals surface area contributed by atoms with Gasteiger partial charge in [0, 0.05) is 16.5 Å². The maximum Gasteiger partial charge on any atom is 0.335 e. The third-order valence-electron chi connectivity index (χ3n) is 10.2. The molecule has 4 N–H and O–H groups in total.